The third-order valence-electron chi connectivity index (χ3n) is 4.21. The van der Waals surface area contributed by atoms with E-state index in [1.54, 1.807) is 32.0 Å². The monoisotopic (exact) mass is 346 g/mol. The molecule has 1 amide bonds. The van der Waals surface area contributed by atoms with Crippen LogP contribution in [0.3, 0.4) is 0 Å². The minimum Gasteiger partial charge on any atom is -0.455 e. The normalized spacial score (nSPS) is 11.7. The molecule has 1 heterocycles. The topological polar surface area (TPSA) is 83.1 Å². The molecule has 1 aromatic heterocycles. The van der Waals surface area contributed by atoms with Gasteiger partial charge < -0.3 is 9.73 Å². The average Bonchev–Trinajstić information content (AvgIpc) is 2.68. The Morgan fingerprint density at radius 3 is 2.62 bits per heavy atom. The third-order valence-corrected chi connectivity index (χ3v) is 4.21. The van der Waals surface area contributed by atoms with Crippen molar-refractivity contribution in [3.05, 3.63) is 69.9 Å². The van der Waals surface area contributed by atoms with Crippen molar-refractivity contribution in [3.63, 3.8) is 0 Å². The number of nitriles is 1. The first-order valence-corrected chi connectivity index (χ1v) is 8.32. The Labute approximate surface area is 150 Å². The summed E-state index contributed by atoms with van der Waals surface area (Å²) in [5.41, 5.74) is 1.65. The van der Waals surface area contributed by atoms with Crippen LogP contribution in [0.25, 0.3) is 22.3 Å². The number of nitrogens with one attached hydrogen (secondary N) is 1. The van der Waals surface area contributed by atoms with Gasteiger partial charge in [0.05, 0.1) is 22.9 Å². The molecule has 0 spiro atoms. The Bertz CT molecular complexity index is 1060. The number of benzene rings is 2. The quantitative estimate of drug-likeness (QED) is 0.781. The number of rotatable bonds is 4. The molecule has 3 aromatic rings. The fourth-order valence-electron chi connectivity index (χ4n) is 2.74. The van der Waals surface area contributed by atoms with Gasteiger partial charge in [-0.25, -0.2) is 0 Å². The van der Waals surface area contributed by atoms with Crippen molar-refractivity contribution in [3.8, 4) is 17.4 Å². The van der Waals surface area contributed by atoms with Crippen LogP contribution in [0.15, 0.2) is 57.7 Å². The predicted molar refractivity (Wildman–Crippen MR) is 99.8 cm³/mol. The van der Waals surface area contributed by atoms with Crippen LogP contribution >= 0.6 is 0 Å². The van der Waals surface area contributed by atoms with E-state index in [0.29, 0.717) is 16.7 Å². The highest BCUT2D eigenvalue weighted by atomic mass is 16.3. The number of hydrogen-bond acceptors (Lipinski definition) is 4. The maximum absolute atomic E-state index is 12.8. The molecule has 0 bridgehead atoms. The van der Waals surface area contributed by atoms with E-state index in [2.05, 4.69) is 11.4 Å². The van der Waals surface area contributed by atoms with Crippen LogP contribution in [0, 0.1) is 24.2 Å². The number of nitrogens with zero attached hydrogens (tertiary/aromatic N) is 1. The number of hydrogen-bond donors (Lipinski definition) is 1. The molecular weight excluding hydrogens is 328 g/mol. The molecule has 1 unspecified atom stereocenters. The van der Waals surface area contributed by atoms with E-state index in [0.717, 1.165) is 5.56 Å². The second kappa shape index (κ2) is 7.24. The first-order chi connectivity index (χ1) is 12.5. The second-order valence-electron chi connectivity index (χ2n) is 6.17. The van der Waals surface area contributed by atoms with E-state index in [4.69, 9.17) is 9.68 Å². The summed E-state index contributed by atoms with van der Waals surface area (Å²) in [5.74, 6) is -0.222. The lowest BCUT2D eigenvalue weighted by molar-refractivity contribution is 0.0951. The summed E-state index contributed by atoms with van der Waals surface area (Å²) in [6.07, 6.45) is 0. The van der Waals surface area contributed by atoms with Gasteiger partial charge in [-0.2, -0.15) is 5.26 Å². The molecule has 0 aliphatic heterocycles. The number of para-hydroxylation sites is 1. The van der Waals surface area contributed by atoms with Crippen LogP contribution in [0.1, 0.15) is 22.8 Å². The van der Waals surface area contributed by atoms with Gasteiger partial charge in [0.1, 0.15) is 5.76 Å². The second-order valence-corrected chi connectivity index (χ2v) is 6.17. The van der Waals surface area contributed by atoms with Crippen molar-refractivity contribution in [1.82, 2.24) is 5.32 Å². The minimum atomic E-state index is -0.372. The van der Waals surface area contributed by atoms with Gasteiger partial charge in [0.25, 0.3) is 5.91 Å². The Hall–Kier alpha value is -3.39. The Morgan fingerprint density at radius 2 is 1.92 bits per heavy atom. The van der Waals surface area contributed by atoms with Gasteiger partial charge in [-0.3, -0.25) is 9.59 Å². The number of carbonyl (C=O) groups is 1. The van der Waals surface area contributed by atoms with Crippen molar-refractivity contribution in [2.45, 2.75) is 13.8 Å². The van der Waals surface area contributed by atoms with Gasteiger partial charge in [0.15, 0.2) is 11.0 Å². The van der Waals surface area contributed by atoms with Gasteiger partial charge in [0, 0.05) is 17.7 Å². The molecular formula is C21H18N2O3. The molecule has 0 aliphatic carbocycles. The highest BCUT2D eigenvalue weighted by molar-refractivity contribution is 6.05. The molecule has 5 nitrogen and oxygen atoms in total. The minimum absolute atomic E-state index is 0.162. The van der Waals surface area contributed by atoms with Crippen LogP contribution < -0.4 is 10.7 Å². The van der Waals surface area contributed by atoms with E-state index >= 15 is 0 Å². The van der Waals surface area contributed by atoms with Gasteiger partial charge in [-0.15, -0.1) is 0 Å². The maximum Gasteiger partial charge on any atom is 0.255 e. The van der Waals surface area contributed by atoms with Crippen LogP contribution in [0.4, 0.5) is 0 Å². The van der Waals surface area contributed by atoms with Crippen molar-refractivity contribution in [1.29, 1.82) is 5.26 Å². The van der Waals surface area contributed by atoms with Gasteiger partial charge >= 0.3 is 0 Å². The molecule has 5 heteroatoms. The zero-order valence-corrected chi connectivity index (χ0v) is 14.6. The zero-order chi connectivity index (χ0) is 18.7. The average molecular weight is 346 g/mol. The largest absolute Gasteiger partial charge is 0.455 e. The first kappa shape index (κ1) is 17.4. The molecule has 0 saturated carbocycles. The van der Waals surface area contributed by atoms with Crippen molar-refractivity contribution in [2.24, 2.45) is 5.92 Å². The fourth-order valence-corrected chi connectivity index (χ4v) is 2.74. The Kier molecular flexibility index (Phi) is 4.85. The van der Waals surface area contributed by atoms with Gasteiger partial charge in [-0.05, 0) is 26.0 Å². The smallest absolute Gasteiger partial charge is 0.255 e. The van der Waals surface area contributed by atoms with Crippen molar-refractivity contribution in [2.75, 3.05) is 6.54 Å². The van der Waals surface area contributed by atoms with Crippen LogP contribution in [-0.4, -0.2) is 12.5 Å². The predicted octanol–water partition coefficient (Wildman–Crippen LogP) is 3.66. The molecule has 3 rings (SSSR count). The summed E-state index contributed by atoms with van der Waals surface area (Å²) in [5, 5.41) is 11.9. The van der Waals surface area contributed by atoms with Crippen molar-refractivity contribution >= 4 is 16.9 Å². The maximum atomic E-state index is 12.8. The number of amides is 1. The molecule has 130 valence electrons. The summed E-state index contributed by atoms with van der Waals surface area (Å²) in [4.78, 5) is 25.3. The highest BCUT2D eigenvalue weighted by Crippen LogP contribution is 2.27. The molecule has 1 N–H and O–H groups in total. The summed E-state index contributed by atoms with van der Waals surface area (Å²) >= 11 is 0. The van der Waals surface area contributed by atoms with E-state index in [1.165, 1.54) is 0 Å². The van der Waals surface area contributed by atoms with Crippen LogP contribution in [0.5, 0.6) is 0 Å². The lowest BCUT2D eigenvalue weighted by atomic mass is 10.0. The lowest BCUT2D eigenvalue weighted by Gasteiger charge is -2.11. The number of fused-ring (bicyclic) bond motifs is 1. The molecule has 2 aromatic carbocycles. The van der Waals surface area contributed by atoms with E-state index in [1.807, 2.05) is 30.3 Å². The fraction of sp³-hybridized carbons (Fsp3) is 0.190. The summed E-state index contributed by atoms with van der Waals surface area (Å²) in [6, 6.07) is 16.3. The standard InChI is InChI=1S/C21H18N2O3/c1-13(11-22)12-23-21(25)17-10-6-9-16-18(24)14(2)19(26-20(16)17)15-7-4-3-5-8-15/h3-10,13H,12H2,1-2H3,(H,23,25). The third kappa shape index (κ3) is 3.22. The van der Waals surface area contributed by atoms with E-state index in [-0.39, 0.29) is 34.9 Å². The van der Waals surface area contributed by atoms with Gasteiger partial charge in [-0.1, -0.05) is 36.4 Å². The molecule has 0 saturated heterocycles. The molecule has 1 atom stereocenters. The Balaban J connectivity index is 2.15. The summed E-state index contributed by atoms with van der Waals surface area (Å²) in [7, 11) is 0. The highest BCUT2D eigenvalue weighted by Gasteiger charge is 2.18. The van der Waals surface area contributed by atoms with Crippen LogP contribution in [0.2, 0.25) is 0 Å². The molecule has 0 fully saturated rings. The summed E-state index contributed by atoms with van der Waals surface area (Å²) in [6.45, 7) is 3.67. The van der Waals surface area contributed by atoms with Crippen LogP contribution in [-0.2, 0) is 0 Å². The Morgan fingerprint density at radius 1 is 1.19 bits per heavy atom. The molecule has 0 radical (unpaired) electrons. The zero-order valence-electron chi connectivity index (χ0n) is 14.6. The van der Waals surface area contributed by atoms with E-state index < -0.39 is 0 Å². The number of carbonyl (C=O) groups excluding carboxylic acids is 1. The van der Waals surface area contributed by atoms with Crippen molar-refractivity contribution < 1.29 is 9.21 Å². The molecule has 26 heavy (non-hydrogen) atoms. The lowest BCUT2D eigenvalue weighted by Crippen LogP contribution is -2.28. The first-order valence-electron chi connectivity index (χ1n) is 8.32. The SMILES string of the molecule is Cc1c(-c2ccccc2)oc2c(C(=O)NCC(C)C#N)cccc2c1=O. The van der Waals surface area contributed by atoms with Gasteiger partial charge in [0.2, 0.25) is 0 Å². The molecule has 0 aliphatic rings. The van der Waals surface area contributed by atoms with E-state index in [9.17, 15) is 9.59 Å². The summed E-state index contributed by atoms with van der Waals surface area (Å²) < 4.78 is 6.02.